The van der Waals surface area contributed by atoms with Crippen molar-refractivity contribution in [1.82, 2.24) is 24.2 Å². The summed E-state index contributed by atoms with van der Waals surface area (Å²) in [6, 6.07) is 4.25. The standard InChI is InChI=1S/C27H37N5O2S/c33-35(34,32-15-3-4-21(18-32)17-31-13-1-2-14-31)19-20-5-7-22(8-6-20)23-9-11-28-25-16-30-27-24(26(23)25)10-12-29-27/h9-12,16,20-22,28H,1-8,13-15,17-19H2. The summed E-state index contributed by atoms with van der Waals surface area (Å²) < 4.78 is 28.6. The first-order chi connectivity index (χ1) is 17.1. The molecule has 3 fully saturated rings. The lowest BCUT2D eigenvalue weighted by atomic mass is 9.78. The first-order valence-electron chi connectivity index (χ1n) is 13.5. The molecule has 1 unspecified atom stereocenters. The highest BCUT2D eigenvalue weighted by molar-refractivity contribution is 7.89. The van der Waals surface area contributed by atoms with Crippen molar-refractivity contribution in [3.05, 3.63) is 36.3 Å². The quantitative estimate of drug-likeness (QED) is 0.544. The number of hydrogen-bond acceptors (Lipinski definition) is 5. The lowest BCUT2D eigenvalue weighted by molar-refractivity contribution is 0.199. The Balaban J connectivity index is 1.10. The molecule has 0 aromatic carbocycles. The zero-order valence-corrected chi connectivity index (χ0v) is 21.3. The molecule has 8 heteroatoms. The summed E-state index contributed by atoms with van der Waals surface area (Å²) in [5.74, 6) is 1.53. The van der Waals surface area contributed by atoms with Crippen molar-refractivity contribution in [2.75, 3.05) is 38.5 Å². The van der Waals surface area contributed by atoms with Gasteiger partial charge in [-0.15, -0.1) is 0 Å². The first-order valence-corrected chi connectivity index (χ1v) is 15.1. The lowest BCUT2D eigenvalue weighted by Crippen LogP contribution is -2.45. The van der Waals surface area contributed by atoms with Gasteiger partial charge in [0.15, 0.2) is 5.65 Å². The Kier molecular flexibility index (Phi) is 6.54. The van der Waals surface area contributed by atoms with Gasteiger partial charge in [0.2, 0.25) is 10.0 Å². The monoisotopic (exact) mass is 495 g/mol. The highest BCUT2D eigenvalue weighted by atomic mass is 32.2. The van der Waals surface area contributed by atoms with Crippen LogP contribution in [0, 0.1) is 11.8 Å². The summed E-state index contributed by atoms with van der Waals surface area (Å²) in [4.78, 5) is 14.7. The van der Waals surface area contributed by atoms with Crippen molar-refractivity contribution in [3.63, 3.8) is 0 Å². The molecule has 1 saturated carbocycles. The summed E-state index contributed by atoms with van der Waals surface area (Å²) in [7, 11) is -3.19. The number of fused-ring (bicyclic) bond motifs is 3. The molecule has 2 saturated heterocycles. The molecule has 1 aliphatic carbocycles. The third kappa shape index (κ3) is 4.85. The molecular formula is C27H37N5O2S. The number of likely N-dealkylation sites (tertiary alicyclic amines) is 1. The predicted molar refractivity (Wildman–Crippen MR) is 140 cm³/mol. The van der Waals surface area contributed by atoms with Crippen molar-refractivity contribution in [1.29, 1.82) is 0 Å². The second-order valence-electron chi connectivity index (χ2n) is 11.0. The smallest absolute Gasteiger partial charge is 0.214 e. The molecule has 0 bridgehead atoms. The van der Waals surface area contributed by atoms with E-state index in [0.717, 1.165) is 68.2 Å². The van der Waals surface area contributed by atoms with E-state index >= 15 is 0 Å². The summed E-state index contributed by atoms with van der Waals surface area (Å²) in [5, 5.41) is 2.33. The topological polar surface area (TPSA) is 82.2 Å². The van der Waals surface area contributed by atoms with Crippen LogP contribution in [0.15, 0.2) is 30.7 Å². The van der Waals surface area contributed by atoms with E-state index in [4.69, 9.17) is 0 Å². The van der Waals surface area contributed by atoms with Gasteiger partial charge < -0.3 is 9.88 Å². The molecular weight excluding hydrogens is 458 g/mol. The third-order valence-corrected chi connectivity index (χ3v) is 10.7. The highest BCUT2D eigenvalue weighted by Gasteiger charge is 2.34. The van der Waals surface area contributed by atoms with Gasteiger partial charge in [-0.05, 0) is 99.9 Å². The van der Waals surface area contributed by atoms with Crippen LogP contribution in [0.2, 0.25) is 0 Å². The van der Waals surface area contributed by atoms with E-state index < -0.39 is 10.0 Å². The Morgan fingerprint density at radius 3 is 2.60 bits per heavy atom. The molecule has 0 amide bonds. The number of H-pyrrole nitrogens is 1. The fraction of sp³-hybridized carbons (Fsp3) is 0.630. The number of aromatic amines is 1. The van der Waals surface area contributed by atoms with E-state index in [0.29, 0.717) is 24.1 Å². The first kappa shape index (κ1) is 23.4. The minimum atomic E-state index is -3.19. The Morgan fingerprint density at radius 2 is 1.77 bits per heavy atom. The Bertz CT molecular complexity index is 1280. The SMILES string of the molecule is O=S(=O)(CC1CCC(c2cc[nH]c3cnc4nccc4c23)CC1)N1CCCC(CN2CCCC2)C1. The number of sulfonamides is 1. The van der Waals surface area contributed by atoms with Crippen molar-refractivity contribution in [2.45, 2.75) is 57.3 Å². The van der Waals surface area contributed by atoms with Crippen molar-refractivity contribution in [3.8, 4) is 0 Å². The van der Waals surface area contributed by atoms with Gasteiger partial charge in [0.25, 0.3) is 0 Å². The number of rotatable bonds is 6. The van der Waals surface area contributed by atoms with Crippen LogP contribution in [0.3, 0.4) is 0 Å². The van der Waals surface area contributed by atoms with Crippen molar-refractivity contribution in [2.24, 2.45) is 11.8 Å². The number of nitrogens with zero attached hydrogens (tertiary/aromatic N) is 4. The zero-order chi connectivity index (χ0) is 23.8. The van der Waals surface area contributed by atoms with Gasteiger partial charge in [-0.25, -0.2) is 22.7 Å². The van der Waals surface area contributed by atoms with Crippen LogP contribution in [-0.4, -0.2) is 71.1 Å². The molecule has 3 aromatic heterocycles. The van der Waals surface area contributed by atoms with Crippen LogP contribution >= 0.6 is 0 Å². The summed E-state index contributed by atoms with van der Waals surface area (Å²) in [6.45, 7) is 4.87. The molecule has 3 aliphatic rings. The summed E-state index contributed by atoms with van der Waals surface area (Å²) in [5.41, 5.74) is 3.19. The second kappa shape index (κ2) is 9.79. The zero-order valence-electron chi connectivity index (χ0n) is 20.5. The minimum Gasteiger partial charge on any atom is -0.360 e. The van der Waals surface area contributed by atoms with E-state index in [-0.39, 0.29) is 5.92 Å². The van der Waals surface area contributed by atoms with Crippen LogP contribution in [0.25, 0.3) is 21.9 Å². The normalized spacial score (nSPS) is 27.1. The Hall–Kier alpha value is -2.03. The van der Waals surface area contributed by atoms with Gasteiger partial charge in [-0.2, -0.15) is 0 Å². The van der Waals surface area contributed by atoms with Crippen LogP contribution < -0.4 is 0 Å². The molecule has 1 atom stereocenters. The maximum absolute atomic E-state index is 13.4. The van der Waals surface area contributed by atoms with E-state index in [9.17, 15) is 8.42 Å². The fourth-order valence-electron chi connectivity index (χ4n) is 6.83. The minimum absolute atomic E-state index is 0.263. The summed E-state index contributed by atoms with van der Waals surface area (Å²) in [6.07, 6.45) is 14.5. The molecule has 2 aliphatic heterocycles. The largest absolute Gasteiger partial charge is 0.360 e. The molecule has 5 heterocycles. The fourth-order valence-corrected chi connectivity index (χ4v) is 8.81. The molecule has 188 valence electrons. The maximum atomic E-state index is 13.4. The molecule has 7 nitrogen and oxygen atoms in total. The Morgan fingerprint density at radius 1 is 0.943 bits per heavy atom. The van der Waals surface area contributed by atoms with E-state index in [1.54, 1.807) is 0 Å². The average molecular weight is 496 g/mol. The number of piperidine rings is 1. The lowest BCUT2D eigenvalue weighted by Gasteiger charge is -2.35. The molecule has 3 aromatic rings. The van der Waals surface area contributed by atoms with Crippen molar-refractivity contribution < 1.29 is 8.42 Å². The second-order valence-corrected chi connectivity index (χ2v) is 13.0. The maximum Gasteiger partial charge on any atom is 0.214 e. The average Bonchev–Trinajstić information content (AvgIpc) is 3.56. The van der Waals surface area contributed by atoms with Crippen LogP contribution in [0.5, 0.6) is 0 Å². The van der Waals surface area contributed by atoms with E-state index in [2.05, 4.69) is 32.0 Å². The molecule has 6 rings (SSSR count). The van der Waals surface area contributed by atoms with E-state index in [1.807, 2.05) is 22.9 Å². The van der Waals surface area contributed by atoms with Gasteiger partial charge in [-0.1, -0.05) is 0 Å². The van der Waals surface area contributed by atoms with Gasteiger partial charge in [0, 0.05) is 42.8 Å². The Labute approximate surface area is 208 Å². The van der Waals surface area contributed by atoms with Gasteiger partial charge in [0.05, 0.1) is 17.5 Å². The number of pyridine rings is 2. The molecule has 35 heavy (non-hydrogen) atoms. The third-order valence-electron chi connectivity index (χ3n) is 8.65. The van der Waals surface area contributed by atoms with Crippen LogP contribution in [-0.2, 0) is 10.0 Å². The predicted octanol–water partition coefficient (Wildman–Crippen LogP) is 4.52. The number of nitrogens with one attached hydrogen (secondary N) is 1. The van der Waals surface area contributed by atoms with E-state index in [1.165, 1.54) is 36.9 Å². The molecule has 1 N–H and O–H groups in total. The highest BCUT2D eigenvalue weighted by Crippen LogP contribution is 2.40. The molecule has 0 radical (unpaired) electrons. The van der Waals surface area contributed by atoms with Crippen LogP contribution in [0.1, 0.15) is 62.8 Å². The molecule has 0 spiro atoms. The van der Waals surface area contributed by atoms with Gasteiger partial charge >= 0.3 is 0 Å². The number of hydrogen-bond donors (Lipinski definition) is 1. The van der Waals surface area contributed by atoms with Gasteiger partial charge in [-0.3, -0.25) is 0 Å². The van der Waals surface area contributed by atoms with Gasteiger partial charge in [0.1, 0.15) is 0 Å². The van der Waals surface area contributed by atoms with Crippen molar-refractivity contribution >= 4 is 32.0 Å². The van der Waals surface area contributed by atoms with Crippen LogP contribution in [0.4, 0.5) is 0 Å². The number of aromatic nitrogens is 3. The summed E-state index contributed by atoms with van der Waals surface area (Å²) >= 11 is 0.